The first-order valence-electron chi connectivity index (χ1n) is 9.68. The molecule has 0 fully saturated rings. The van der Waals surface area contributed by atoms with Gasteiger partial charge >= 0.3 is 0 Å². The SMILES string of the molecule is Cc1cccc(/C=N/OCC(C)(C)CO/N=C2\CCCc3ccc(C)nc32)n1. The third-order valence-electron chi connectivity index (χ3n) is 4.51. The smallest absolute Gasteiger partial charge is 0.125 e. The van der Waals surface area contributed by atoms with Crippen LogP contribution in [0.1, 0.15) is 55.0 Å². The highest BCUT2D eigenvalue weighted by atomic mass is 16.6. The second-order valence-electron chi connectivity index (χ2n) is 8.00. The molecule has 0 spiro atoms. The zero-order valence-corrected chi connectivity index (χ0v) is 17.1. The van der Waals surface area contributed by atoms with E-state index < -0.39 is 0 Å². The van der Waals surface area contributed by atoms with Gasteiger partial charge in [0.05, 0.1) is 17.6 Å². The molecule has 1 aliphatic rings. The van der Waals surface area contributed by atoms with Gasteiger partial charge in [-0.1, -0.05) is 36.3 Å². The van der Waals surface area contributed by atoms with Gasteiger partial charge in [-0.25, -0.2) is 0 Å². The quantitative estimate of drug-likeness (QED) is 0.532. The van der Waals surface area contributed by atoms with E-state index in [9.17, 15) is 0 Å². The van der Waals surface area contributed by atoms with Crippen molar-refractivity contribution in [2.45, 2.75) is 47.0 Å². The predicted octanol–water partition coefficient (Wildman–Crippen LogP) is 4.23. The lowest BCUT2D eigenvalue weighted by atomic mass is 9.94. The Morgan fingerprint density at radius 2 is 1.79 bits per heavy atom. The highest BCUT2D eigenvalue weighted by Crippen LogP contribution is 2.22. The number of rotatable bonds is 7. The molecule has 148 valence electrons. The molecule has 1 aliphatic carbocycles. The molecule has 0 radical (unpaired) electrons. The van der Waals surface area contributed by atoms with Crippen LogP contribution in [0.3, 0.4) is 0 Å². The van der Waals surface area contributed by atoms with Gasteiger partial charge in [0.25, 0.3) is 0 Å². The number of hydrogen-bond acceptors (Lipinski definition) is 6. The topological polar surface area (TPSA) is 69.0 Å². The van der Waals surface area contributed by atoms with E-state index in [-0.39, 0.29) is 5.41 Å². The van der Waals surface area contributed by atoms with Gasteiger partial charge in [0.1, 0.15) is 18.9 Å². The van der Waals surface area contributed by atoms with Crippen LogP contribution in [0.2, 0.25) is 0 Å². The second kappa shape index (κ2) is 8.95. The lowest BCUT2D eigenvalue weighted by Crippen LogP contribution is -2.24. The minimum Gasteiger partial charge on any atom is -0.395 e. The van der Waals surface area contributed by atoms with E-state index in [4.69, 9.17) is 9.68 Å². The Morgan fingerprint density at radius 1 is 1.00 bits per heavy atom. The summed E-state index contributed by atoms with van der Waals surface area (Å²) in [4.78, 5) is 20.1. The highest BCUT2D eigenvalue weighted by molar-refractivity contribution is 6.00. The number of fused-ring (bicyclic) bond motifs is 1. The standard InChI is InChI=1S/C22H28N4O2/c1-16-7-5-9-19(24-16)13-23-27-14-22(3,4)15-28-26-20-10-6-8-18-12-11-17(2)25-21(18)20/h5,7,9,11-13H,6,8,10,14-15H2,1-4H3/b23-13+,26-20+. The van der Waals surface area contributed by atoms with Gasteiger partial charge in [-0.2, -0.15) is 0 Å². The number of aryl methyl sites for hydroxylation is 3. The van der Waals surface area contributed by atoms with E-state index >= 15 is 0 Å². The fraction of sp³-hybridized carbons (Fsp3) is 0.455. The first-order valence-corrected chi connectivity index (χ1v) is 9.68. The maximum atomic E-state index is 5.67. The van der Waals surface area contributed by atoms with Gasteiger partial charge in [-0.05, 0) is 56.9 Å². The Balaban J connectivity index is 1.51. The largest absolute Gasteiger partial charge is 0.395 e. The fourth-order valence-electron chi connectivity index (χ4n) is 2.96. The summed E-state index contributed by atoms with van der Waals surface area (Å²) in [7, 11) is 0. The first kappa shape index (κ1) is 20.0. The zero-order valence-electron chi connectivity index (χ0n) is 17.1. The van der Waals surface area contributed by atoms with Gasteiger partial charge in [0.2, 0.25) is 0 Å². The van der Waals surface area contributed by atoms with Crippen molar-refractivity contribution in [2.24, 2.45) is 15.7 Å². The van der Waals surface area contributed by atoms with Crippen LogP contribution in [-0.4, -0.2) is 35.1 Å². The highest BCUT2D eigenvalue weighted by Gasteiger charge is 2.22. The van der Waals surface area contributed by atoms with Crippen LogP contribution < -0.4 is 0 Å². The third kappa shape index (κ3) is 5.62. The van der Waals surface area contributed by atoms with Crippen molar-refractivity contribution in [3.05, 3.63) is 58.7 Å². The van der Waals surface area contributed by atoms with Crippen molar-refractivity contribution in [3.8, 4) is 0 Å². The molecule has 6 heteroatoms. The number of aromatic nitrogens is 2. The van der Waals surface area contributed by atoms with Crippen molar-refractivity contribution in [2.75, 3.05) is 13.2 Å². The normalized spacial score (nSPS) is 15.6. The van der Waals surface area contributed by atoms with E-state index in [0.29, 0.717) is 13.2 Å². The molecule has 0 aromatic carbocycles. The molecule has 0 saturated carbocycles. The van der Waals surface area contributed by atoms with Gasteiger partial charge in [-0.3, -0.25) is 9.97 Å². The summed E-state index contributed by atoms with van der Waals surface area (Å²) in [6, 6.07) is 9.98. The van der Waals surface area contributed by atoms with E-state index in [2.05, 4.69) is 46.3 Å². The Labute approximate surface area is 166 Å². The molecule has 2 aromatic rings. The molecular weight excluding hydrogens is 352 g/mol. The molecule has 0 aliphatic heterocycles. The van der Waals surface area contributed by atoms with Gasteiger partial charge in [0, 0.05) is 16.8 Å². The molecule has 0 bridgehead atoms. The minimum absolute atomic E-state index is 0.223. The van der Waals surface area contributed by atoms with Crippen LogP contribution in [0.25, 0.3) is 0 Å². The average Bonchev–Trinajstić information content (AvgIpc) is 2.65. The predicted molar refractivity (Wildman–Crippen MR) is 111 cm³/mol. The lowest BCUT2D eigenvalue weighted by molar-refractivity contribution is 0.000295. The van der Waals surface area contributed by atoms with E-state index in [0.717, 1.165) is 47.7 Å². The summed E-state index contributed by atoms with van der Waals surface area (Å²) < 4.78 is 0. The zero-order chi connectivity index (χ0) is 20.0. The van der Waals surface area contributed by atoms with Crippen LogP contribution in [0.5, 0.6) is 0 Å². The molecular formula is C22H28N4O2. The third-order valence-corrected chi connectivity index (χ3v) is 4.51. The lowest BCUT2D eigenvalue weighted by Gasteiger charge is -2.22. The Hall–Kier alpha value is -2.76. The molecule has 0 amide bonds. The van der Waals surface area contributed by atoms with Crippen LogP contribution in [0.4, 0.5) is 0 Å². The maximum Gasteiger partial charge on any atom is 0.125 e. The average molecular weight is 380 g/mol. The van der Waals surface area contributed by atoms with E-state index in [1.165, 1.54) is 5.56 Å². The van der Waals surface area contributed by atoms with Crippen LogP contribution in [-0.2, 0) is 16.1 Å². The summed E-state index contributed by atoms with van der Waals surface area (Å²) >= 11 is 0. The van der Waals surface area contributed by atoms with Gasteiger partial charge in [0.15, 0.2) is 0 Å². The monoisotopic (exact) mass is 380 g/mol. The maximum absolute atomic E-state index is 5.67. The minimum atomic E-state index is -0.223. The van der Waals surface area contributed by atoms with Crippen molar-refractivity contribution >= 4 is 11.9 Å². The van der Waals surface area contributed by atoms with Crippen LogP contribution in [0.15, 0.2) is 40.6 Å². The Kier molecular flexibility index (Phi) is 6.39. The number of oxime groups is 2. The molecule has 0 atom stereocenters. The van der Waals surface area contributed by atoms with Crippen LogP contribution >= 0.6 is 0 Å². The van der Waals surface area contributed by atoms with E-state index in [1.807, 2.05) is 32.0 Å². The van der Waals surface area contributed by atoms with Crippen molar-refractivity contribution < 1.29 is 9.68 Å². The molecule has 2 aromatic heterocycles. The summed E-state index contributed by atoms with van der Waals surface area (Å²) in [5.41, 5.74) is 5.67. The van der Waals surface area contributed by atoms with Gasteiger partial charge in [-0.15, -0.1) is 0 Å². The van der Waals surface area contributed by atoms with E-state index in [1.54, 1.807) is 6.21 Å². The second-order valence-corrected chi connectivity index (χ2v) is 8.00. The van der Waals surface area contributed by atoms with Crippen molar-refractivity contribution in [1.29, 1.82) is 0 Å². The number of hydrogen-bond donors (Lipinski definition) is 0. The van der Waals surface area contributed by atoms with Crippen molar-refractivity contribution in [1.82, 2.24) is 9.97 Å². The molecule has 0 unspecified atom stereocenters. The molecule has 28 heavy (non-hydrogen) atoms. The number of nitrogens with zero attached hydrogens (tertiary/aromatic N) is 4. The van der Waals surface area contributed by atoms with Crippen LogP contribution in [0, 0.1) is 19.3 Å². The molecule has 0 saturated heterocycles. The van der Waals surface area contributed by atoms with Gasteiger partial charge < -0.3 is 9.68 Å². The first-order chi connectivity index (χ1) is 13.4. The Morgan fingerprint density at radius 3 is 2.61 bits per heavy atom. The molecule has 3 rings (SSSR count). The summed E-state index contributed by atoms with van der Waals surface area (Å²) in [5, 5.41) is 8.40. The summed E-state index contributed by atoms with van der Waals surface area (Å²) in [6.45, 7) is 8.93. The van der Waals surface area contributed by atoms with Crippen molar-refractivity contribution in [3.63, 3.8) is 0 Å². The number of pyridine rings is 2. The molecule has 6 nitrogen and oxygen atoms in total. The molecule has 2 heterocycles. The summed E-state index contributed by atoms with van der Waals surface area (Å²) in [6.07, 6.45) is 4.65. The molecule has 0 N–H and O–H groups in total. The Bertz CT molecular complexity index is 875. The summed E-state index contributed by atoms with van der Waals surface area (Å²) in [5.74, 6) is 0. The fourth-order valence-corrected chi connectivity index (χ4v) is 2.96.